The van der Waals surface area contributed by atoms with Crippen LogP contribution < -0.4 is 4.74 Å². The van der Waals surface area contributed by atoms with Gasteiger partial charge in [-0.15, -0.1) is 0 Å². The zero-order valence-electron chi connectivity index (χ0n) is 15.6. The Morgan fingerprint density at radius 3 is 2.46 bits per heavy atom. The highest BCUT2D eigenvalue weighted by Gasteiger charge is 2.35. The molecule has 4 rings (SSSR count). The van der Waals surface area contributed by atoms with Crippen LogP contribution in [-0.4, -0.2) is 36.5 Å². The molecule has 1 amide bonds. The van der Waals surface area contributed by atoms with Crippen LogP contribution in [0.5, 0.6) is 5.75 Å². The molecule has 0 saturated heterocycles. The fourth-order valence-corrected chi connectivity index (χ4v) is 3.62. The van der Waals surface area contributed by atoms with Crippen molar-refractivity contribution in [3.8, 4) is 5.75 Å². The number of fused-ring (bicyclic) bond motifs is 2. The molecule has 3 aromatic carbocycles. The van der Waals surface area contributed by atoms with E-state index in [2.05, 4.69) is 0 Å². The Morgan fingerprint density at radius 2 is 1.68 bits per heavy atom. The molecule has 3 aromatic rings. The number of hydrogen-bond donors (Lipinski definition) is 0. The molecule has 1 unspecified atom stereocenters. The fourth-order valence-electron chi connectivity index (χ4n) is 3.62. The SMILES string of the molecule is COC(=O)C1Cc2ccccc2CN1C(=O)COc1ccc2ccccc2c1. The monoisotopic (exact) mass is 375 g/mol. The van der Waals surface area contributed by atoms with Crippen molar-refractivity contribution >= 4 is 22.6 Å². The smallest absolute Gasteiger partial charge is 0.328 e. The van der Waals surface area contributed by atoms with Crippen LogP contribution in [0.2, 0.25) is 0 Å². The van der Waals surface area contributed by atoms with E-state index in [1.54, 1.807) is 4.90 Å². The van der Waals surface area contributed by atoms with Crippen molar-refractivity contribution < 1.29 is 19.1 Å². The van der Waals surface area contributed by atoms with E-state index in [0.717, 1.165) is 21.9 Å². The minimum Gasteiger partial charge on any atom is -0.484 e. The first-order valence-corrected chi connectivity index (χ1v) is 9.21. The molecule has 0 spiro atoms. The van der Waals surface area contributed by atoms with E-state index in [0.29, 0.717) is 18.7 Å². The van der Waals surface area contributed by atoms with E-state index >= 15 is 0 Å². The van der Waals surface area contributed by atoms with E-state index in [1.165, 1.54) is 7.11 Å². The van der Waals surface area contributed by atoms with E-state index in [-0.39, 0.29) is 12.5 Å². The second-order valence-electron chi connectivity index (χ2n) is 6.83. The lowest BCUT2D eigenvalue weighted by Gasteiger charge is -2.35. The van der Waals surface area contributed by atoms with Crippen molar-refractivity contribution in [3.63, 3.8) is 0 Å². The van der Waals surface area contributed by atoms with Gasteiger partial charge in [0.05, 0.1) is 7.11 Å². The minimum atomic E-state index is -0.632. The van der Waals surface area contributed by atoms with Crippen LogP contribution in [0.1, 0.15) is 11.1 Å². The van der Waals surface area contributed by atoms with Crippen LogP contribution in [0.25, 0.3) is 10.8 Å². The van der Waals surface area contributed by atoms with Gasteiger partial charge in [0.25, 0.3) is 5.91 Å². The first kappa shape index (κ1) is 18.0. The molecular formula is C23H21NO4. The number of ether oxygens (including phenoxy) is 2. The lowest BCUT2D eigenvalue weighted by atomic mass is 9.94. The zero-order valence-corrected chi connectivity index (χ0v) is 15.6. The fraction of sp³-hybridized carbons (Fsp3) is 0.217. The number of benzene rings is 3. The molecule has 1 heterocycles. The van der Waals surface area contributed by atoms with Crippen LogP contribution in [0.3, 0.4) is 0 Å². The van der Waals surface area contributed by atoms with Gasteiger partial charge in [0, 0.05) is 13.0 Å². The van der Waals surface area contributed by atoms with Gasteiger partial charge < -0.3 is 14.4 Å². The summed E-state index contributed by atoms with van der Waals surface area (Å²) in [5.74, 6) is -0.0225. The van der Waals surface area contributed by atoms with Crippen molar-refractivity contribution in [2.45, 2.75) is 19.0 Å². The van der Waals surface area contributed by atoms with E-state index in [4.69, 9.17) is 9.47 Å². The van der Waals surface area contributed by atoms with E-state index < -0.39 is 12.0 Å². The molecule has 0 fully saturated rings. The van der Waals surface area contributed by atoms with Gasteiger partial charge in [-0.1, -0.05) is 54.6 Å². The summed E-state index contributed by atoms with van der Waals surface area (Å²) in [7, 11) is 1.34. The molecule has 142 valence electrons. The molecule has 0 radical (unpaired) electrons. The van der Waals surface area contributed by atoms with Gasteiger partial charge in [-0.05, 0) is 34.0 Å². The van der Waals surface area contributed by atoms with Crippen molar-refractivity contribution in [1.82, 2.24) is 4.90 Å². The topological polar surface area (TPSA) is 55.8 Å². The van der Waals surface area contributed by atoms with Gasteiger partial charge in [-0.2, -0.15) is 0 Å². The maximum absolute atomic E-state index is 12.9. The van der Waals surface area contributed by atoms with E-state index in [1.807, 2.05) is 66.7 Å². The maximum atomic E-state index is 12.9. The average molecular weight is 375 g/mol. The van der Waals surface area contributed by atoms with Gasteiger partial charge in [0.2, 0.25) is 0 Å². The number of nitrogens with zero attached hydrogens (tertiary/aromatic N) is 1. The van der Waals surface area contributed by atoms with Crippen LogP contribution in [0.15, 0.2) is 66.7 Å². The van der Waals surface area contributed by atoms with Crippen molar-refractivity contribution in [2.75, 3.05) is 13.7 Å². The quantitative estimate of drug-likeness (QED) is 0.657. The minimum absolute atomic E-state index is 0.131. The Bertz CT molecular complexity index is 1030. The van der Waals surface area contributed by atoms with Crippen molar-refractivity contribution in [2.24, 2.45) is 0 Å². The van der Waals surface area contributed by atoms with Crippen molar-refractivity contribution in [3.05, 3.63) is 77.9 Å². The predicted octanol–water partition coefficient (Wildman–Crippen LogP) is 3.35. The molecule has 0 saturated carbocycles. The summed E-state index contributed by atoms with van der Waals surface area (Å²) in [6, 6.07) is 20.9. The van der Waals surface area contributed by atoms with E-state index in [9.17, 15) is 9.59 Å². The van der Waals surface area contributed by atoms with Gasteiger partial charge >= 0.3 is 5.97 Å². The third-order valence-corrected chi connectivity index (χ3v) is 5.13. The Morgan fingerprint density at radius 1 is 0.964 bits per heavy atom. The second kappa shape index (κ2) is 7.72. The van der Waals surface area contributed by atoms with Crippen LogP contribution in [0, 0.1) is 0 Å². The lowest BCUT2D eigenvalue weighted by Crippen LogP contribution is -2.50. The average Bonchev–Trinajstić information content (AvgIpc) is 2.75. The molecule has 5 heteroatoms. The number of amides is 1. The summed E-state index contributed by atoms with van der Waals surface area (Å²) in [6.07, 6.45) is 0.449. The highest BCUT2D eigenvalue weighted by Crippen LogP contribution is 2.25. The predicted molar refractivity (Wildman–Crippen MR) is 106 cm³/mol. The van der Waals surface area contributed by atoms with Crippen LogP contribution in [-0.2, 0) is 27.3 Å². The largest absolute Gasteiger partial charge is 0.484 e. The number of methoxy groups -OCH3 is 1. The van der Waals surface area contributed by atoms with Gasteiger partial charge in [0.1, 0.15) is 11.8 Å². The number of carbonyl (C=O) groups excluding carboxylic acids is 2. The number of hydrogen-bond acceptors (Lipinski definition) is 4. The third-order valence-electron chi connectivity index (χ3n) is 5.13. The second-order valence-corrected chi connectivity index (χ2v) is 6.83. The molecule has 1 atom stereocenters. The molecule has 0 bridgehead atoms. The Hall–Kier alpha value is -3.34. The third kappa shape index (κ3) is 3.56. The summed E-state index contributed by atoms with van der Waals surface area (Å²) in [5, 5.41) is 2.16. The molecule has 0 aliphatic carbocycles. The molecule has 0 aromatic heterocycles. The number of esters is 1. The molecular weight excluding hydrogens is 354 g/mol. The number of rotatable bonds is 4. The highest BCUT2D eigenvalue weighted by molar-refractivity contribution is 5.87. The summed E-state index contributed by atoms with van der Waals surface area (Å²) < 4.78 is 10.7. The Kier molecular flexibility index (Phi) is 4.98. The summed E-state index contributed by atoms with van der Waals surface area (Å²) in [6.45, 7) is 0.240. The molecule has 1 aliphatic rings. The summed E-state index contributed by atoms with van der Waals surface area (Å²) >= 11 is 0. The number of carbonyl (C=O) groups is 2. The van der Waals surface area contributed by atoms with Crippen LogP contribution in [0.4, 0.5) is 0 Å². The first-order valence-electron chi connectivity index (χ1n) is 9.21. The van der Waals surface area contributed by atoms with Crippen LogP contribution >= 0.6 is 0 Å². The van der Waals surface area contributed by atoms with Gasteiger partial charge in [-0.3, -0.25) is 4.79 Å². The highest BCUT2D eigenvalue weighted by atomic mass is 16.5. The van der Waals surface area contributed by atoms with Gasteiger partial charge in [0.15, 0.2) is 6.61 Å². The molecule has 5 nitrogen and oxygen atoms in total. The zero-order chi connectivity index (χ0) is 19.5. The molecule has 0 N–H and O–H groups in total. The Labute approximate surface area is 163 Å². The molecule has 1 aliphatic heterocycles. The maximum Gasteiger partial charge on any atom is 0.328 e. The lowest BCUT2D eigenvalue weighted by molar-refractivity contribution is -0.154. The summed E-state index contributed by atoms with van der Waals surface area (Å²) in [4.78, 5) is 26.7. The first-order chi connectivity index (χ1) is 13.7. The standard InChI is InChI=1S/C23H21NO4/c1-27-23(26)21-13-18-8-4-5-9-19(18)14-24(21)22(25)15-28-20-11-10-16-6-2-3-7-17(16)12-20/h2-12,21H,13-15H2,1H3. The molecule has 28 heavy (non-hydrogen) atoms. The van der Waals surface area contributed by atoms with Crippen molar-refractivity contribution in [1.29, 1.82) is 0 Å². The summed E-state index contributed by atoms with van der Waals surface area (Å²) in [5.41, 5.74) is 2.11. The Balaban J connectivity index is 1.50. The van der Waals surface area contributed by atoms with Gasteiger partial charge in [-0.25, -0.2) is 4.79 Å². The normalized spacial score (nSPS) is 15.8.